The van der Waals surface area contributed by atoms with Gasteiger partial charge < -0.3 is 5.32 Å². The summed E-state index contributed by atoms with van der Waals surface area (Å²) in [5.41, 5.74) is 0.847. The molecule has 33 heavy (non-hydrogen) atoms. The second kappa shape index (κ2) is 7.99. The van der Waals surface area contributed by atoms with Crippen LogP contribution in [0.3, 0.4) is 0 Å². The van der Waals surface area contributed by atoms with E-state index in [0.717, 1.165) is 5.69 Å². The normalized spacial score (nSPS) is 12.2. The zero-order valence-electron chi connectivity index (χ0n) is 19.9. The monoisotopic (exact) mass is 443 g/mol. The maximum atomic E-state index is 13.5. The van der Waals surface area contributed by atoms with Gasteiger partial charge in [0.05, 0.1) is 22.3 Å². The van der Waals surface area contributed by atoms with Gasteiger partial charge in [-0.1, -0.05) is 57.2 Å². The molecule has 170 valence electrons. The lowest BCUT2D eigenvalue weighted by atomic mass is 9.92. The molecule has 2 heterocycles. The highest BCUT2D eigenvalue weighted by atomic mass is 16.2. The highest BCUT2D eigenvalue weighted by molar-refractivity contribution is 6.10. The molecule has 0 aliphatic rings. The molecule has 2 aromatic heterocycles. The first-order valence-electron chi connectivity index (χ1n) is 11.0. The quantitative estimate of drug-likeness (QED) is 0.489. The molecule has 0 atom stereocenters. The summed E-state index contributed by atoms with van der Waals surface area (Å²) in [5, 5.41) is 13.2. The molecule has 0 aliphatic heterocycles. The average Bonchev–Trinajstić information content (AvgIpc) is 3.20. The van der Waals surface area contributed by atoms with Crippen LogP contribution in [0.15, 0.2) is 65.5 Å². The van der Waals surface area contributed by atoms with Crippen LogP contribution in [0.25, 0.3) is 16.5 Å². The topological polar surface area (TPSA) is 81.8 Å². The molecule has 0 spiro atoms. The van der Waals surface area contributed by atoms with Crippen molar-refractivity contribution in [2.24, 2.45) is 0 Å². The molecule has 7 heteroatoms. The van der Waals surface area contributed by atoms with E-state index in [2.05, 4.69) is 31.2 Å². The Bertz CT molecular complexity index is 1390. The number of amides is 1. The molecule has 0 bridgehead atoms. The number of nitrogens with zero attached hydrogens (tertiary/aromatic N) is 4. The molecule has 0 saturated carbocycles. The Morgan fingerprint density at radius 1 is 0.848 bits per heavy atom. The van der Waals surface area contributed by atoms with Crippen molar-refractivity contribution >= 4 is 22.5 Å². The second-order valence-corrected chi connectivity index (χ2v) is 10.1. The van der Waals surface area contributed by atoms with Gasteiger partial charge >= 0.3 is 0 Å². The Morgan fingerprint density at radius 2 is 1.45 bits per heavy atom. The number of nitrogens with one attached hydrogen (secondary N) is 1. The number of carbonyl (C=O) groups is 1. The molecule has 0 fully saturated rings. The first-order chi connectivity index (χ1) is 15.5. The first kappa shape index (κ1) is 22.5. The Hall–Kier alpha value is -3.74. The number of aromatic nitrogens is 4. The number of benzene rings is 2. The third-order valence-corrected chi connectivity index (χ3v) is 5.38. The Morgan fingerprint density at radius 3 is 2.06 bits per heavy atom. The predicted molar refractivity (Wildman–Crippen MR) is 131 cm³/mol. The molecule has 2 aromatic carbocycles. The van der Waals surface area contributed by atoms with Gasteiger partial charge in [0, 0.05) is 16.9 Å². The van der Waals surface area contributed by atoms with E-state index in [1.165, 1.54) is 4.68 Å². The highest BCUT2D eigenvalue weighted by Crippen LogP contribution is 2.28. The van der Waals surface area contributed by atoms with E-state index in [9.17, 15) is 9.59 Å². The number of hydrogen-bond acceptors (Lipinski definition) is 4. The van der Waals surface area contributed by atoms with Gasteiger partial charge in [-0.25, -0.2) is 4.68 Å². The fourth-order valence-corrected chi connectivity index (χ4v) is 3.62. The summed E-state index contributed by atoms with van der Waals surface area (Å²) >= 11 is 0. The Kier molecular flexibility index (Phi) is 5.44. The molecule has 1 N–H and O–H groups in total. The highest BCUT2D eigenvalue weighted by Gasteiger charge is 2.27. The van der Waals surface area contributed by atoms with Crippen molar-refractivity contribution in [2.75, 3.05) is 5.32 Å². The van der Waals surface area contributed by atoms with Crippen molar-refractivity contribution < 1.29 is 4.79 Å². The van der Waals surface area contributed by atoms with Crippen LogP contribution >= 0.6 is 0 Å². The van der Waals surface area contributed by atoms with E-state index >= 15 is 0 Å². The smallest absolute Gasteiger partial charge is 0.279 e. The number of anilines is 1. The van der Waals surface area contributed by atoms with Crippen molar-refractivity contribution in [3.05, 3.63) is 82.4 Å². The van der Waals surface area contributed by atoms with Gasteiger partial charge in [0.15, 0.2) is 5.69 Å². The summed E-state index contributed by atoms with van der Waals surface area (Å²) in [7, 11) is 0. The molecule has 0 saturated heterocycles. The molecule has 7 nitrogen and oxygen atoms in total. The molecule has 4 aromatic rings. The van der Waals surface area contributed by atoms with Crippen LogP contribution in [-0.2, 0) is 11.0 Å². The standard InChI is InChI=1S/C26H29N5O2/c1-25(2,3)20-16-21(31(28-20)26(4,5)6)27-23(32)22-18-14-10-11-15-19(18)24(33)30(29-22)17-12-8-7-9-13-17/h7-16H,1-6H3,(H,27,32). The lowest BCUT2D eigenvalue weighted by molar-refractivity contribution is 0.102. The van der Waals surface area contributed by atoms with Crippen molar-refractivity contribution in [1.82, 2.24) is 19.6 Å². The molecule has 4 rings (SSSR count). The lowest BCUT2D eigenvalue weighted by Gasteiger charge is -2.23. The van der Waals surface area contributed by atoms with E-state index < -0.39 is 5.91 Å². The lowest BCUT2D eigenvalue weighted by Crippen LogP contribution is -2.29. The summed E-state index contributed by atoms with van der Waals surface area (Å²) < 4.78 is 3.10. The number of fused-ring (bicyclic) bond motifs is 1. The SMILES string of the molecule is CC(C)(C)c1cc(NC(=O)c2nn(-c3ccccc3)c(=O)c3ccccc23)n(C(C)(C)C)n1. The van der Waals surface area contributed by atoms with E-state index in [4.69, 9.17) is 5.10 Å². The van der Waals surface area contributed by atoms with Crippen molar-refractivity contribution in [2.45, 2.75) is 52.5 Å². The number of rotatable bonds is 3. The summed E-state index contributed by atoms with van der Waals surface area (Å²) in [6.07, 6.45) is 0. The van der Waals surface area contributed by atoms with Gasteiger partial charge in [0.1, 0.15) is 5.82 Å². The van der Waals surface area contributed by atoms with Crippen molar-refractivity contribution in [1.29, 1.82) is 0 Å². The Labute approximate surface area is 193 Å². The largest absolute Gasteiger partial charge is 0.305 e. The van der Waals surface area contributed by atoms with Crippen LogP contribution in [0.5, 0.6) is 0 Å². The van der Waals surface area contributed by atoms with E-state index in [0.29, 0.717) is 22.3 Å². The summed E-state index contributed by atoms with van der Waals surface area (Å²) in [6, 6.07) is 18.0. The predicted octanol–water partition coefficient (Wildman–Crippen LogP) is 4.89. The van der Waals surface area contributed by atoms with Gasteiger partial charge in [-0.15, -0.1) is 0 Å². The van der Waals surface area contributed by atoms with Gasteiger partial charge in [0.25, 0.3) is 11.5 Å². The first-order valence-corrected chi connectivity index (χ1v) is 11.0. The average molecular weight is 444 g/mol. The minimum Gasteiger partial charge on any atom is -0.305 e. The maximum absolute atomic E-state index is 13.5. The summed E-state index contributed by atoms with van der Waals surface area (Å²) in [4.78, 5) is 26.6. The van der Waals surface area contributed by atoms with E-state index in [1.807, 2.05) is 49.7 Å². The van der Waals surface area contributed by atoms with E-state index in [-0.39, 0.29) is 22.2 Å². The van der Waals surface area contributed by atoms with Gasteiger partial charge in [0.2, 0.25) is 0 Å². The van der Waals surface area contributed by atoms with Gasteiger partial charge in [-0.2, -0.15) is 14.9 Å². The maximum Gasteiger partial charge on any atom is 0.279 e. The minimum atomic E-state index is -0.401. The van der Waals surface area contributed by atoms with Crippen LogP contribution in [0.2, 0.25) is 0 Å². The van der Waals surface area contributed by atoms with Crippen LogP contribution < -0.4 is 10.9 Å². The van der Waals surface area contributed by atoms with Crippen LogP contribution in [-0.4, -0.2) is 25.5 Å². The molecule has 0 radical (unpaired) electrons. The van der Waals surface area contributed by atoms with Gasteiger partial charge in [-0.05, 0) is 39.0 Å². The number of carbonyl (C=O) groups excluding carboxylic acids is 1. The van der Waals surface area contributed by atoms with Crippen molar-refractivity contribution in [3.63, 3.8) is 0 Å². The number of para-hydroxylation sites is 1. The Balaban J connectivity index is 1.86. The van der Waals surface area contributed by atoms with Crippen LogP contribution in [0, 0.1) is 0 Å². The third kappa shape index (κ3) is 4.31. The summed E-state index contributed by atoms with van der Waals surface area (Å²) in [6.45, 7) is 12.3. The zero-order chi connectivity index (χ0) is 24.0. The third-order valence-electron chi connectivity index (χ3n) is 5.38. The minimum absolute atomic E-state index is 0.174. The number of hydrogen-bond donors (Lipinski definition) is 1. The molecular formula is C26H29N5O2. The zero-order valence-corrected chi connectivity index (χ0v) is 19.9. The molecule has 0 unspecified atom stereocenters. The van der Waals surface area contributed by atoms with Crippen LogP contribution in [0.1, 0.15) is 57.7 Å². The molecule has 0 aliphatic carbocycles. The molecular weight excluding hydrogens is 414 g/mol. The van der Waals surface area contributed by atoms with Gasteiger partial charge in [-0.3, -0.25) is 9.59 Å². The second-order valence-electron chi connectivity index (χ2n) is 10.1. The fourth-order valence-electron chi connectivity index (χ4n) is 3.62. The molecule has 1 amide bonds. The van der Waals surface area contributed by atoms with E-state index in [1.54, 1.807) is 36.4 Å². The summed E-state index contributed by atoms with van der Waals surface area (Å²) in [5.74, 6) is 0.183. The fraction of sp³-hybridized carbons (Fsp3) is 0.308. The van der Waals surface area contributed by atoms with Crippen molar-refractivity contribution in [3.8, 4) is 5.69 Å². The van der Waals surface area contributed by atoms with Crippen LogP contribution in [0.4, 0.5) is 5.82 Å².